The highest BCUT2D eigenvalue weighted by Gasteiger charge is 2.33. The van der Waals surface area contributed by atoms with Crippen LogP contribution in [0.15, 0.2) is 0 Å². The Morgan fingerprint density at radius 2 is 1.67 bits per heavy atom. The van der Waals surface area contributed by atoms with E-state index in [9.17, 15) is 0 Å². The van der Waals surface area contributed by atoms with Gasteiger partial charge in [-0.3, -0.25) is 0 Å². The summed E-state index contributed by atoms with van der Waals surface area (Å²) in [5.41, 5.74) is 5.56. The fourth-order valence-corrected chi connectivity index (χ4v) is 2.87. The van der Waals surface area contributed by atoms with Gasteiger partial charge < -0.3 is 10.6 Å². The Balaban J connectivity index is 1.85. The third-order valence-electron chi connectivity index (χ3n) is 3.50. The lowest BCUT2D eigenvalue weighted by Gasteiger charge is -2.23. The first-order valence-electron chi connectivity index (χ1n) is 5.32. The van der Waals surface area contributed by atoms with Crippen LogP contribution in [0.3, 0.4) is 0 Å². The first-order valence-corrected chi connectivity index (χ1v) is 5.32. The van der Waals surface area contributed by atoms with Gasteiger partial charge in [-0.25, -0.2) is 0 Å². The predicted molar refractivity (Wildman–Crippen MR) is 50.9 cm³/mol. The standard InChI is InChI=1S/C10H20N2/c11-5-6-12-7-9-3-1-2-4-10(9)8-12/h9-10H,1-8,11H2. The SMILES string of the molecule is NCCN1CC2CCCCC2C1. The summed E-state index contributed by atoms with van der Waals surface area (Å²) in [7, 11) is 0. The number of rotatable bonds is 2. The van der Waals surface area contributed by atoms with Crippen LogP contribution in [0.1, 0.15) is 25.7 Å². The van der Waals surface area contributed by atoms with E-state index in [1.165, 1.54) is 38.8 Å². The second-order valence-corrected chi connectivity index (χ2v) is 4.35. The van der Waals surface area contributed by atoms with Crippen LogP contribution in [0.25, 0.3) is 0 Å². The molecule has 2 N–H and O–H groups in total. The van der Waals surface area contributed by atoms with Crippen molar-refractivity contribution >= 4 is 0 Å². The van der Waals surface area contributed by atoms with Crippen LogP contribution in [0.2, 0.25) is 0 Å². The maximum atomic E-state index is 5.56. The Bertz CT molecular complexity index is 133. The molecule has 1 saturated heterocycles. The molecule has 2 rings (SSSR count). The molecule has 0 spiro atoms. The summed E-state index contributed by atoms with van der Waals surface area (Å²) in [5, 5.41) is 0. The smallest absolute Gasteiger partial charge is 0.0105 e. The quantitative estimate of drug-likeness (QED) is 0.668. The van der Waals surface area contributed by atoms with Gasteiger partial charge in [0.2, 0.25) is 0 Å². The number of fused-ring (bicyclic) bond motifs is 1. The minimum Gasteiger partial charge on any atom is -0.329 e. The van der Waals surface area contributed by atoms with Crippen LogP contribution in [-0.4, -0.2) is 31.1 Å². The van der Waals surface area contributed by atoms with E-state index in [0.29, 0.717) is 0 Å². The molecule has 2 unspecified atom stereocenters. The van der Waals surface area contributed by atoms with Gasteiger partial charge in [0.15, 0.2) is 0 Å². The van der Waals surface area contributed by atoms with Crippen LogP contribution >= 0.6 is 0 Å². The lowest BCUT2D eigenvalue weighted by atomic mass is 9.82. The largest absolute Gasteiger partial charge is 0.329 e. The fourth-order valence-electron chi connectivity index (χ4n) is 2.87. The van der Waals surface area contributed by atoms with Gasteiger partial charge in [-0.15, -0.1) is 0 Å². The Labute approximate surface area is 75.1 Å². The van der Waals surface area contributed by atoms with Crippen LogP contribution in [-0.2, 0) is 0 Å². The van der Waals surface area contributed by atoms with E-state index in [-0.39, 0.29) is 0 Å². The summed E-state index contributed by atoms with van der Waals surface area (Å²) >= 11 is 0. The molecule has 1 saturated carbocycles. The highest BCUT2D eigenvalue weighted by Crippen LogP contribution is 2.35. The Morgan fingerprint density at radius 1 is 1.08 bits per heavy atom. The average Bonchev–Trinajstić information content (AvgIpc) is 2.47. The van der Waals surface area contributed by atoms with Gasteiger partial charge in [0, 0.05) is 26.2 Å². The van der Waals surface area contributed by atoms with Gasteiger partial charge >= 0.3 is 0 Å². The molecular formula is C10H20N2. The van der Waals surface area contributed by atoms with Crippen LogP contribution < -0.4 is 5.73 Å². The lowest BCUT2D eigenvalue weighted by molar-refractivity contribution is 0.299. The maximum absolute atomic E-state index is 5.56. The summed E-state index contributed by atoms with van der Waals surface area (Å²) < 4.78 is 0. The molecule has 0 aromatic heterocycles. The van der Waals surface area contributed by atoms with Crippen molar-refractivity contribution in [2.75, 3.05) is 26.2 Å². The Morgan fingerprint density at radius 3 is 2.17 bits per heavy atom. The molecule has 1 aliphatic carbocycles. The number of nitrogens with two attached hydrogens (primary N) is 1. The monoisotopic (exact) mass is 168 g/mol. The van der Waals surface area contributed by atoms with Crippen molar-refractivity contribution < 1.29 is 0 Å². The summed E-state index contributed by atoms with van der Waals surface area (Å²) in [4.78, 5) is 2.56. The van der Waals surface area contributed by atoms with E-state index >= 15 is 0 Å². The van der Waals surface area contributed by atoms with Gasteiger partial charge in [0.05, 0.1) is 0 Å². The van der Waals surface area contributed by atoms with E-state index in [2.05, 4.69) is 4.90 Å². The first kappa shape index (κ1) is 8.52. The number of hydrogen-bond acceptors (Lipinski definition) is 2. The number of nitrogens with zero attached hydrogens (tertiary/aromatic N) is 1. The molecule has 2 aliphatic rings. The average molecular weight is 168 g/mol. The summed E-state index contributed by atoms with van der Waals surface area (Å²) in [6.45, 7) is 4.62. The third-order valence-corrected chi connectivity index (χ3v) is 3.50. The van der Waals surface area contributed by atoms with E-state index < -0.39 is 0 Å². The van der Waals surface area contributed by atoms with Crippen molar-refractivity contribution in [2.45, 2.75) is 25.7 Å². The zero-order valence-electron chi connectivity index (χ0n) is 7.84. The Kier molecular flexibility index (Phi) is 2.66. The number of likely N-dealkylation sites (tertiary alicyclic amines) is 1. The minimum absolute atomic E-state index is 0.833. The zero-order chi connectivity index (χ0) is 8.39. The van der Waals surface area contributed by atoms with E-state index in [0.717, 1.165) is 24.9 Å². The van der Waals surface area contributed by atoms with Crippen LogP contribution in [0, 0.1) is 11.8 Å². The highest BCUT2D eigenvalue weighted by atomic mass is 15.2. The fraction of sp³-hybridized carbons (Fsp3) is 1.00. The van der Waals surface area contributed by atoms with Crippen molar-refractivity contribution in [2.24, 2.45) is 17.6 Å². The van der Waals surface area contributed by atoms with Crippen molar-refractivity contribution in [3.8, 4) is 0 Å². The third kappa shape index (κ3) is 1.64. The molecule has 1 heterocycles. The molecule has 2 atom stereocenters. The molecule has 1 aliphatic heterocycles. The summed E-state index contributed by atoms with van der Waals surface area (Å²) in [6.07, 6.45) is 5.90. The molecule has 2 fully saturated rings. The van der Waals surface area contributed by atoms with Gasteiger partial charge in [-0.2, -0.15) is 0 Å². The maximum Gasteiger partial charge on any atom is 0.0105 e. The predicted octanol–water partition coefficient (Wildman–Crippen LogP) is 1.07. The van der Waals surface area contributed by atoms with Crippen LogP contribution in [0.4, 0.5) is 0 Å². The summed E-state index contributed by atoms with van der Waals surface area (Å²) in [5.74, 6) is 2.04. The molecule has 0 aromatic carbocycles. The van der Waals surface area contributed by atoms with Crippen LogP contribution in [0.5, 0.6) is 0 Å². The molecule has 0 radical (unpaired) electrons. The van der Waals surface area contributed by atoms with E-state index in [4.69, 9.17) is 5.73 Å². The summed E-state index contributed by atoms with van der Waals surface area (Å²) in [6, 6.07) is 0. The van der Waals surface area contributed by atoms with Crippen molar-refractivity contribution in [3.63, 3.8) is 0 Å². The molecule has 2 heteroatoms. The number of hydrogen-bond donors (Lipinski definition) is 1. The lowest BCUT2D eigenvalue weighted by Crippen LogP contribution is -2.27. The molecule has 70 valence electrons. The van der Waals surface area contributed by atoms with E-state index in [1.54, 1.807) is 0 Å². The molecule has 0 aromatic rings. The molecule has 0 amide bonds. The Hall–Kier alpha value is -0.0800. The van der Waals surface area contributed by atoms with Gasteiger partial charge in [-0.05, 0) is 24.7 Å². The van der Waals surface area contributed by atoms with E-state index in [1.807, 2.05) is 0 Å². The van der Waals surface area contributed by atoms with Crippen molar-refractivity contribution in [3.05, 3.63) is 0 Å². The molecule has 0 bridgehead atoms. The molecule has 2 nitrogen and oxygen atoms in total. The second-order valence-electron chi connectivity index (χ2n) is 4.35. The first-order chi connectivity index (χ1) is 5.90. The zero-order valence-corrected chi connectivity index (χ0v) is 7.84. The van der Waals surface area contributed by atoms with Gasteiger partial charge in [0.1, 0.15) is 0 Å². The highest BCUT2D eigenvalue weighted by molar-refractivity contribution is 4.86. The normalized spacial score (nSPS) is 36.8. The minimum atomic E-state index is 0.833. The second kappa shape index (κ2) is 3.75. The topological polar surface area (TPSA) is 29.3 Å². The van der Waals surface area contributed by atoms with Gasteiger partial charge in [0.25, 0.3) is 0 Å². The van der Waals surface area contributed by atoms with Crippen molar-refractivity contribution in [1.29, 1.82) is 0 Å². The molecule has 12 heavy (non-hydrogen) atoms. The van der Waals surface area contributed by atoms with Gasteiger partial charge in [-0.1, -0.05) is 12.8 Å². The van der Waals surface area contributed by atoms with Crippen molar-refractivity contribution in [1.82, 2.24) is 4.90 Å². The molecular weight excluding hydrogens is 148 g/mol.